The average molecular weight is 257 g/mol. The smallest absolute Gasteiger partial charge is 0.250 e. The summed E-state index contributed by atoms with van der Waals surface area (Å²) in [7, 11) is 0. The SMILES string of the molecule is NC(=O)c1cccnc1.c1cnc2ccsc2c1. The molecule has 0 fully saturated rings. The number of thiophene rings is 1. The van der Waals surface area contributed by atoms with E-state index in [0.29, 0.717) is 5.56 Å². The second-order valence-corrected chi connectivity index (χ2v) is 4.36. The van der Waals surface area contributed by atoms with Gasteiger partial charge in [-0.05, 0) is 35.7 Å². The summed E-state index contributed by atoms with van der Waals surface area (Å²) in [5.41, 5.74) is 6.48. The van der Waals surface area contributed by atoms with Gasteiger partial charge in [0, 0.05) is 18.6 Å². The molecule has 0 bridgehead atoms. The van der Waals surface area contributed by atoms with E-state index in [1.165, 1.54) is 10.9 Å². The zero-order valence-corrected chi connectivity index (χ0v) is 10.3. The summed E-state index contributed by atoms with van der Waals surface area (Å²) in [5.74, 6) is -0.442. The van der Waals surface area contributed by atoms with Crippen LogP contribution in [-0.4, -0.2) is 15.9 Å². The number of aromatic nitrogens is 2. The van der Waals surface area contributed by atoms with E-state index < -0.39 is 5.91 Å². The Hall–Kier alpha value is -2.27. The lowest BCUT2D eigenvalue weighted by Crippen LogP contribution is -2.10. The molecule has 3 aromatic rings. The fraction of sp³-hybridized carbons (Fsp3) is 0. The molecule has 0 aliphatic rings. The minimum atomic E-state index is -0.442. The van der Waals surface area contributed by atoms with E-state index in [2.05, 4.69) is 21.4 Å². The highest BCUT2D eigenvalue weighted by Crippen LogP contribution is 2.16. The van der Waals surface area contributed by atoms with Crippen LogP contribution >= 0.6 is 11.3 Å². The number of primary amides is 1. The van der Waals surface area contributed by atoms with E-state index in [0.717, 1.165) is 5.52 Å². The Kier molecular flexibility index (Phi) is 3.98. The Morgan fingerprint density at radius 2 is 2.00 bits per heavy atom. The summed E-state index contributed by atoms with van der Waals surface area (Å²) >= 11 is 1.72. The van der Waals surface area contributed by atoms with Gasteiger partial charge in [0.25, 0.3) is 0 Å². The molecule has 0 aliphatic carbocycles. The minimum absolute atomic E-state index is 0.442. The molecule has 4 nitrogen and oxygen atoms in total. The van der Waals surface area contributed by atoms with E-state index in [-0.39, 0.29) is 0 Å². The normalized spacial score (nSPS) is 9.56. The highest BCUT2D eigenvalue weighted by molar-refractivity contribution is 7.17. The van der Waals surface area contributed by atoms with E-state index in [1.54, 1.807) is 29.7 Å². The van der Waals surface area contributed by atoms with Crippen LogP contribution < -0.4 is 5.73 Å². The first-order chi connectivity index (χ1) is 8.77. The van der Waals surface area contributed by atoms with Gasteiger partial charge < -0.3 is 5.73 Å². The van der Waals surface area contributed by atoms with Crippen molar-refractivity contribution in [2.75, 3.05) is 0 Å². The molecule has 18 heavy (non-hydrogen) atoms. The van der Waals surface area contributed by atoms with Crippen LogP contribution in [0.1, 0.15) is 10.4 Å². The Labute approximate surface area is 108 Å². The van der Waals surface area contributed by atoms with Gasteiger partial charge in [-0.25, -0.2) is 0 Å². The van der Waals surface area contributed by atoms with E-state index >= 15 is 0 Å². The highest BCUT2D eigenvalue weighted by atomic mass is 32.1. The quantitative estimate of drug-likeness (QED) is 0.728. The van der Waals surface area contributed by atoms with Crippen molar-refractivity contribution in [1.29, 1.82) is 0 Å². The summed E-state index contributed by atoms with van der Waals surface area (Å²) in [4.78, 5) is 18.2. The number of carbonyl (C=O) groups is 1. The topological polar surface area (TPSA) is 68.9 Å². The summed E-state index contributed by atoms with van der Waals surface area (Å²) in [6, 6.07) is 9.35. The first-order valence-corrected chi connectivity index (χ1v) is 6.13. The van der Waals surface area contributed by atoms with Gasteiger partial charge in [0.2, 0.25) is 5.91 Å². The zero-order valence-electron chi connectivity index (χ0n) is 9.48. The summed E-state index contributed by atoms with van der Waals surface area (Å²) in [6.07, 6.45) is 4.84. The number of rotatable bonds is 1. The van der Waals surface area contributed by atoms with E-state index in [9.17, 15) is 4.79 Å². The molecular formula is C13H11N3OS. The van der Waals surface area contributed by atoms with E-state index in [4.69, 9.17) is 5.73 Å². The standard InChI is InChI=1S/C7H5NS.C6H6N2O/c1-2-7-6(8-4-1)3-5-9-7;7-6(9)5-2-1-3-8-4-5/h1-5H;1-4H,(H2,7,9). The Morgan fingerprint density at radius 1 is 1.17 bits per heavy atom. The Morgan fingerprint density at radius 3 is 2.61 bits per heavy atom. The Bertz CT molecular complexity index is 607. The summed E-state index contributed by atoms with van der Waals surface area (Å²) in [6.45, 7) is 0. The first kappa shape index (κ1) is 12.2. The van der Waals surface area contributed by atoms with Crippen molar-refractivity contribution in [3.05, 3.63) is 59.9 Å². The van der Waals surface area contributed by atoms with Crippen molar-refractivity contribution in [1.82, 2.24) is 9.97 Å². The van der Waals surface area contributed by atoms with Crippen LogP contribution in [-0.2, 0) is 0 Å². The molecule has 0 unspecified atom stereocenters. The largest absolute Gasteiger partial charge is 0.366 e. The third-order valence-electron chi connectivity index (χ3n) is 2.17. The van der Waals surface area contributed by atoms with Gasteiger partial charge >= 0.3 is 0 Å². The van der Waals surface area contributed by atoms with Crippen molar-refractivity contribution >= 4 is 27.5 Å². The third kappa shape index (κ3) is 3.11. The minimum Gasteiger partial charge on any atom is -0.366 e. The maximum atomic E-state index is 10.4. The first-order valence-electron chi connectivity index (χ1n) is 5.25. The molecule has 1 amide bonds. The Balaban J connectivity index is 0.000000134. The average Bonchev–Trinajstić information content (AvgIpc) is 2.89. The summed E-state index contributed by atoms with van der Waals surface area (Å²) in [5, 5.41) is 2.05. The van der Waals surface area contributed by atoms with Crippen LogP contribution in [0.4, 0.5) is 0 Å². The number of hydrogen-bond donors (Lipinski definition) is 1. The molecular weight excluding hydrogens is 246 g/mol. The fourth-order valence-electron chi connectivity index (χ4n) is 1.31. The molecule has 5 heteroatoms. The maximum absolute atomic E-state index is 10.4. The number of fused-ring (bicyclic) bond motifs is 1. The molecule has 0 atom stereocenters. The van der Waals surface area contributed by atoms with E-state index in [1.807, 2.05) is 18.3 Å². The lowest BCUT2D eigenvalue weighted by Gasteiger charge is -1.88. The van der Waals surface area contributed by atoms with Crippen molar-refractivity contribution in [3.8, 4) is 0 Å². The predicted octanol–water partition coefficient (Wildman–Crippen LogP) is 2.48. The zero-order chi connectivity index (χ0) is 12.8. The second kappa shape index (κ2) is 5.88. The molecule has 0 saturated carbocycles. The number of nitrogens with zero attached hydrogens (tertiary/aromatic N) is 2. The van der Waals surface area contributed by atoms with Crippen LogP contribution in [0.15, 0.2) is 54.3 Å². The molecule has 2 N–H and O–H groups in total. The van der Waals surface area contributed by atoms with Crippen LogP contribution in [0, 0.1) is 0 Å². The van der Waals surface area contributed by atoms with Gasteiger partial charge in [0.1, 0.15) is 0 Å². The monoisotopic (exact) mass is 257 g/mol. The van der Waals surface area contributed by atoms with Crippen LogP contribution in [0.5, 0.6) is 0 Å². The van der Waals surface area contributed by atoms with Crippen LogP contribution in [0.3, 0.4) is 0 Å². The highest BCUT2D eigenvalue weighted by Gasteiger charge is 1.94. The molecule has 0 saturated heterocycles. The predicted molar refractivity (Wildman–Crippen MR) is 72.4 cm³/mol. The second-order valence-electron chi connectivity index (χ2n) is 3.41. The van der Waals surface area contributed by atoms with Crippen molar-refractivity contribution < 1.29 is 4.79 Å². The third-order valence-corrected chi connectivity index (χ3v) is 3.04. The van der Waals surface area contributed by atoms with Gasteiger partial charge in [0.15, 0.2) is 0 Å². The van der Waals surface area contributed by atoms with Crippen LogP contribution in [0.2, 0.25) is 0 Å². The molecule has 90 valence electrons. The van der Waals surface area contributed by atoms with Gasteiger partial charge in [-0.15, -0.1) is 11.3 Å². The number of carbonyl (C=O) groups excluding carboxylic acids is 1. The van der Waals surface area contributed by atoms with Crippen LogP contribution in [0.25, 0.3) is 10.2 Å². The number of nitrogens with two attached hydrogens (primary N) is 1. The van der Waals surface area contributed by atoms with Gasteiger partial charge in [0.05, 0.1) is 15.8 Å². The number of hydrogen-bond acceptors (Lipinski definition) is 4. The van der Waals surface area contributed by atoms with Crippen molar-refractivity contribution in [3.63, 3.8) is 0 Å². The molecule has 0 spiro atoms. The molecule has 0 radical (unpaired) electrons. The van der Waals surface area contributed by atoms with Crippen molar-refractivity contribution in [2.45, 2.75) is 0 Å². The molecule has 3 aromatic heterocycles. The van der Waals surface area contributed by atoms with Gasteiger partial charge in [-0.3, -0.25) is 14.8 Å². The van der Waals surface area contributed by atoms with Gasteiger partial charge in [-0.1, -0.05) is 0 Å². The number of pyridine rings is 2. The molecule has 3 heterocycles. The molecule has 3 rings (SSSR count). The fourth-order valence-corrected chi connectivity index (χ4v) is 2.05. The molecule has 0 aromatic carbocycles. The number of amides is 1. The lowest BCUT2D eigenvalue weighted by molar-refractivity contribution is 0.1000. The maximum Gasteiger partial charge on any atom is 0.250 e. The molecule has 0 aliphatic heterocycles. The van der Waals surface area contributed by atoms with Gasteiger partial charge in [-0.2, -0.15) is 0 Å². The van der Waals surface area contributed by atoms with Crippen molar-refractivity contribution in [2.24, 2.45) is 5.73 Å². The summed E-state index contributed by atoms with van der Waals surface area (Å²) < 4.78 is 1.26. The lowest BCUT2D eigenvalue weighted by atomic mass is 10.3.